The Hall–Kier alpha value is -1.61. The molecule has 3 nitrogen and oxygen atoms in total. The predicted molar refractivity (Wildman–Crippen MR) is 62.5 cm³/mol. The first-order valence-electron chi connectivity index (χ1n) is 5.18. The molecule has 0 unspecified atom stereocenters. The molecule has 0 N–H and O–H groups in total. The normalized spacial score (nSPS) is 10.6. The molecule has 0 aliphatic heterocycles. The van der Waals surface area contributed by atoms with Gasteiger partial charge in [0.05, 0.1) is 20.3 Å². The molecule has 1 rings (SSSR count). The fraction of sp³-hybridized carbons (Fsp3) is 0.308. The highest BCUT2D eigenvalue weighted by atomic mass is 16.5. The summed E-state index contributed by atoms with van der Waals surface area (Å²) >= 11 is 0. The number of hydrogen-bond donors (Lipinski definition) is 0. The van der Waals surface area contributed by atoms with Crippen LogP contribution in [-0.4, -0.2) is 20.0 Å². The number of ether oxygens (including phenoxy) is 2. The van der Waals surface area contributed by atoms with Crippen LogP contribution in [0.2, 0.25) is 0 Å². The Morgan fingerprint density at radius 2 is 2.00 bits per heavy atom. The van der Waals surface area contributed by atoms with E-state index in [1.54, 1.807) is 13.2 Å². The Kier molecular flexibility index (Phi) is 5.96. The van der Waals surface area contributed by atoms with Crippen LogP contribution in [0.3, 0.4) is 0 Å². The van der Waals surface area contributed by atoms with Crippen molar-refractivity contribution in [2.75, 3.05) is 13.7 Å². The van der Waals surface area contributed by atoms with Gasteiger partial charge in [-0.2, -0.15) is 0 Å². The molecule has 16 heavy (non-hydrogen) atoms. The van der Waals surface area contributed by atoms with Crippen molar-refractivity contribution < 1.29 is 14.3 Å². The van der Waals surface area contributed by atoms with Gasteiger partial charge in [0, 0.05) is 0 Å². The summed E-state index contributed by atoms with van der Waals surface area (Å²) < 4.78 is 10.5. The van der Waals surface area contributed by atoms with Crippen molar-refractivity contribution in [3.8, 4) is 5.75 Å². The number of methoxy groups -OCH3 is 1. The summed E-state index contributed by atoms with van der Waals surface area (Å²) in [6.07, 6.45) is 4.80. The molecule has 3 heteroatoms. The summed E-state index contributed by atoms with van der Waals surface area (Å²) in [4.78, 5) is 9.98. The molecule has 0 atom stereocenters. The third-order valence-electron chi connectivity index (χ3n) is 2.07. The highest BCUT2D eigenvalue weighted by Gasteiger charge is 1.94. The Morgan fingerprint density at radius 1 is 1.25 bits per heavy atom. The molecule has 0 bridgehead atoms. The fourth-order valence-electron chi connectivity index (χ4n) is 1.21. The van der Waals surface area contributed by atoms with E-state index in [2.05, 4.69) is 0 Å². The van der Waals surface area contributed by atoms with Gasteiger partial charge in [0.15, 0.2) is 0 Å². The summed E-state index contributed by atoms with van der Waals surface area (Å²) in [6, 6.07) is 7.76. The van der Waals surface area contributed by atoms with E-state index in [9.17, 15) is 4.79 Å². The third-order valence-corrected chi connectivity index (χ3v) is 2.07. The molecule has 0 amide bonds. The number of hydrogen-bond acceptors (Lipinski definition) is 3. The van der Waals surface area contributed by atoms with Crippen LogP contribution in [0.4, 0.5) is 0 Å². The van der Waals surface area contributed by atoms with Crippen molar-refractivity contribution >= 4 is 6.29 Å². The second kappa shape index (κ2) is 7.65. The minimum Gasteiger partial charge on any atom is -0.497 e. The molecule has 0 saturated carbocycles. The monoisotopic (exact) mass is 220 g/mol. The molecule has 1 aromatic carbocycles. The van der Waals surface area contributed by atoms with Crippen LogP contribution in [0, 0.1) is 0 Å². The Balaban J connectivity index is 2.21. The van der Waals surface area contributed by atoms with Crippen LogP contribution in [0.25, 0.3) is 0 Å². The SMILES string of the molecule is COc1ccc(COCC/C=C/C=O)cc1. The lowest BCUT2D eigenvalue weighted by Gasteiger charge is -2.04. The first-order valence-corrected chi connectivity index (χ1v) is 5.18. The lowest BCUT2D eigenvalue weighted by molar-refractivity contribution is -0.104. The van der Waals surface area contributed by atoms with Gasteiger partial charge in [-0.05, 0) is 30.2 Å². The van der Waals surface area contributed by atoms with E-state index >= 15 is 0 Å². The first-order chi connectivity index (χ1) is 7.86. The second-order valence-corrected chi connectivity index (χ2v) is 3.25. The van der Waals surface area contributed by atoms with Crippen LogP contribution < -0.4 is 4.74 Å². The van der Waals surface area contributed by atoms with Crippen LogP contribution in [-0.2, 0) is 16.1 Å². The Morgan fingerprint density at radius 3 is 2.62 bits per heavy atom. The maximum absolute atomic E-state index is 9.98. The lowest BCUT2D eigenvalue weighted by atomic mass is 10.2. The zero-order valence-electron chi connectivity index (χ0n) is 9.39. The van der Waals surface area contributed by atoms with E-state index in [0.29, 0.717) is 13.2 Å². The molecule has 0 saturated heterocycles. The smallest absolute Gasteiger partial charge is 0.142 e. The van der Waals surface area contributed by atoms with E-state index in [0.717, 1.165) is 24.0 Å². The number of benzene rings is 1. The molecular weight excluding hydrogens is 204 g/mol. The lowest BCUT2D eigenvalue weighted by Crippen LogP contribution is -1.94. The van der Waals surface area contributed by atoms with E-state index in [1.165, 1.54) is 6.08 Å². The molecule has 0 heterocycles. The van der Waals surface area contributed by atoms with E-state index < -0.39 is 0 Å². The predicted octanol–water partition coefficient (Wildman–Crippen LogP) is 2.36. The standard InChI is InChI=1S/C13H16O3/c1-15-13-7-5-12(6-8-13)11-16-10-4-2-3-9-14/h2-3,5-9H,4,10-11H2,1H3/b3-2+. The Bertz CT molecular complexity index is 328. The molecular formula is C13H16O3. The second-order valence-electron chi connectivity index (χ2n) is 3.25. The topological polar surface area (TPSA) is 35.5 Å². The summed E-state index contributed by atoms with van der Waals surface area (Å²) in [6.45, 7) is 1.20. The van der Waals surface area contributed by atoms with Gasteiger partial charge in [0.2, 0.25) is 0 Å². The number of allylic oxidation sites excluding steroid dienone is 1. The van der Waals surface area contributed by atoms with Gasteiger partial charge in [-0.15, -0.1) is 0 Å². The number of aldehydes is 1. The van der Waals surface area contributed by atoms with Gasteiger partial charge in [-0.25, -0.2) is 0 Å². The summed E-state index contributed by atoms with van der Waals surface area (Å²) in [5.41, 5.74) is 1.11. The molecule has 0 aromatic heterocycles. The van der Waals surface area contributed by atoms with E-state index in [-0.39, 0.29) is 0 Å². The molecule has 0 aliphatic carbocycles. The average Bonchev–Trinajstić information content (AvgIpc) is 2.34. The van der Waals surface area contributed by atoms with Crippen molar-refractivity contribution in [2.24, 2.45) is 0 Å². The van der Waals surface area contributed by atoms with Gasteiger partial charge < -0.3 is 9.47 Å². The van der Waals surface area contributed by atoms with Gasteiger partial charge in [-0.1, -0.05) is 18.2 Å². The Labute approximate surface area is 95.7 Å². The summed E-state index contributed by atoms with van der Waals surface area (Å²) in [7, 11) is 1.64. The van der Waals surface area contributed by atoms with Crippen LogP contribution in [0.5, 0.6) is 5.75 Å². The minimum absolute atomic E-state index is 0.582. The highest BCUT2D eigenvalue weighted by Crippen LogP contribution is 2.11. The number of carbonyl (C=O) groups excluding carboxylic acids is 1. The zero-order valence-corrected chi connectivity index (χ0v) is 9.39. The van der Waals surface area contributed by atoms with Crippen molar-refractivity contribution in [1.29, 1.82) is 0 Å². The molecule has 0 fully saturated rings. The molecule has 0 radical (unpaired) electrons. The number of rotatable bonds is 7. The van der Waals surface area contributed by atoms with Gasteiger partial charge >= 0.3 is 0 Å². The minimum atomic E-state index is 0.582. The quantitative estimate of drug-likeness (QED) is 0.402. The molecule has 86 valence electrons. The molecule has 0 spiro atoms. The maximum Gasteiger partial charge on any atom is 0.142 e. The maximum atomic E-state index is 9.98. The van der Waals surface area contributed by atoms with E-state index in [4.69, 9.17) is 9.47 Å². The van der Waals surface area contributed by atoms with Gasteiger partial charge in [0.1, 0.15) is 12.0 Å². The van der Waals surface area contributed by atoms with Crippen LogP contribution in [0.1, 0.15) is 12.0 Å². The first kappa shape index (κ1) is 12.5. The van der Waals surface area contributed by atoms with Crippen molar-refractivity contribution in [3.05, 3.63) is 42.0 Å². The third kappa shape index (κ3) is 4.75. The van der Waals surface area contributed by atoms with Crippen molar-refractivity contribution in [2.45, 2.75) is 13.0 Å². The fourth-order valence-corrected chi connectivity index (χ4v) is 1.21. The van der Waals surface area contributed by atoms with Crippen molar-refractivity contribution in [3.63, 3.8) is 0 Å². The van der Waals surface area contributed by atoms with Gasteiger partial charge in [0.25, 0.3) is 0 Å². The van der Waals surface area contributed by atoms with Gasteiger partial charge in [-0.3, -0.25) is 4.79 Å². The largest absolute Gasteiger partial charge is 0.497 e. The van der Waals surface area contributed by atoms with Crippen molar-refractivity contribution in [1.82, 2.24) is 0 Å². The summed E-state index contributed by atoms with van der Waals surface area (Å²) in [5.74, 6) is 0.845. The number of carbonyl (C=O) groups is 1. The zero-order chi connectivity index (χ0) is 11.6. The molecule has 1 aromatic rings. The van der Waals surface area contributed by atoms with Crippen LogP contribution in [0.15, 0.2) is 36.4 Å². The molecule has 0 aliphatic rings. The van der Waals surface area contributed by atoms with E-state index in [1.807, 2.05) is 24.3 Å². The van der Waals surface area contributed by atoms with Crippen LogP contribution >= 0.6 is 0 Å². The highest BCUT2D eigenvalue weighted by molar-refractivity contribution is 5.64. The average molecular weight is 220 g/mol. The summed E-state index contributed by atoms with van der Waals surface area (Å²) in [5, 5.41) is 0.